The van der Waals surface area contributed by atoms with Crippen molar-refractivity contribution in [2.24, 2.45) is 5.92 Å². The number of hydrogen-bond donors (Lipinski definition) is 4. The first-order valence-electron chi connectivity index (χ1n) is 13.9. The number of aliphatic hydroxyl groups excluding tert-OH is 1. The minimum absolute atomic E-state index is 0.0545. The summed E-state index contributed by atoms with van der Waals surface area (Å²) in [6, 6.07) is 27.4. The van der Waals surface area contributed by atoms with E-state index >= 15 is 0 Å². The molecule has 2 amide bonds. The van der Waals surface area contributed by atoms with Crippen molar-refractivity contribution in [2.75, 3.05) is 11.1 Å². The van der Waals surface area contributed by atoms with E-state index in [1.807, 2.05) is 79.7 Å². The molecule has 4 atom stereocenters. The van der Waals surface area contributed by atoms with Gasteiger partial charge in [-0.05, 0) is 41.0 Å². The van der Waals surface area contributed by atoms with Crippen molar-refractivity contribution < 1.29 is 29.3 Å². The van der Waals surface area contributed by atoms with Crippen LogP contribution < -0.4 is 10.6 Å². The number of aromatic carboxylic acids is 1. The lowest BCUT2D eigenvalue weighted by molar-refractivity contribution is -0.268. The van der Waals surface area contributed by atoms with Crippen LogP contribution in [0.25, 0.3) is 0 Å². The standard InChI is InChI=1S/C33H33N3O6S/c1-21-28(20-43-30-27(31(38)39)11-6-16-34-30)41-32(42-29(21)24-14-12-23(19-37)13-15-24)25-9-5-10-26(17-25)36-33(40)35-18-22-7-3-2-4-8-22/h2-17,21,28-29,32,37H,18-20H2,1H3,(H,38,39)(H2,35,36,40)/t21-,28+,29+,32+/m0/s1. The maximum absolute atomic E-state index is 12.6. The second-order valence-corrected chi connectivity index (χ2v) is 11.2. The van der Waals surface area contributed by atoms with Crippen LogP contribution in [-0.2, 0) is 22.6 Å². The van der Waals surface area contributed by atoms with Crippen LogP contribution in [0, 0.1) is 5.92 Å². The number of aromatic nitrogens is 1. The molecule has 1 fully saturated rings. The Labute approximate surface area is 254 Å². The van der Waals surface area contributed by atoms with Gasteiger partial charge >= 0.3 is 12.0 Å². The van der Waals surface area contributed by atoms with Gasteiger partial charge in [0.25, 0.3) is 0 Å². The van der Waals surface area contributed by atoms with Gasteiger partial charge < -0.3 is 30.3 Å². The Hall–Kier alpha value is -4.22. The normalized spacial score (nSPS) is 19.9. The highest BCUT2D eigenvalue weighted by atomic mass is 32.2. The van der Waals surface area contributed by atoms with Gasteiger partial charge in [-0.3, -0.25) is 0 Å². The highest BCUT2D eigenvalue weighted by Gasteiger charge is 2.38. The monoisotopic (exact) mass is 599 g/mol. The van der Waals surface area contributed by atoms with Crippen LogP contribution in [0.4, 0.5) is 10.5 Å². The third kappa shape index (κ3) is 7.79. The van der Waals surface area contributed by atoms with Gasteiger partial charge in [0.15, 0.2) is 6.29 Å². The molecule has 0 aliphatic carbocycles. The molecule has 1 saturated heterocycles. The lowest BCUT2D eigenvalue weighted by Gasteiger charge is -2.41. The van der Waals surface area contributed by atoms with Crippen LogP contribution in [0.3, 0.4) is 0 Å². The number of thioether (sulfide) groups is 1. The van der Waals surface area contributed by atoms with Crippen LogP contribution >= 0.6 is 11.8 Å². The van der Waals surface area contributed by atoms with Gasteiger partial charge in [0, 0.05) is 35.7 Å². The third-order valence-corrected chi connectivity index (χ3v) is 8.32. The highest BCUT2D eigenvalue weighted by Crippen LogP contribution is 2.43. The lowest BCUT2D eigenvalue weighted by Crippen LogP contribution is -2.38. The molecule has 0 bridgehead atoms. The second kappa shape index (κ2) is 14.3. The largest absolute Gasteiger partial charge is 0.478 e. The Morgan fingerprint density at radius 1 is 0.907 bits per heavy atom. The predicted octanol–water partition coefficient (Wildman–Crippen LogP) is 6.18. The number of anilines is 1. The van der Waals surface area contributed by atoms with Gasteiger partial charge in [0.2, 0.25) is 0 Å². The number of ether oxygens (including phenoxy) is 2. The zero-order valence-electron chi connectivity index (χ0n) is 23.6. The van der Waals surface area contributed by atoms with Gasteiger partial charge in [-0.15, -0.1) is 11.8 Å². The van der Waals surface area contributed by atoms with E-state index in [1.165, 1.54) is 17.8 Å². The average Bonchev–Trinajstić information content (AvgIpc) is 3.04. The van der Waals surface area contributed by atoms with E-state index in [0.717, 1.165) is 22.3 Å². The molecule has 4 N–H and O–H groups in total. The number of benzene rings is 3. The third-order valence-electron chi connectivity index (χ3n) is 7.22. The van der Waals surface area contributed by atoms with Crippen molar-refractivity contribution in [1.29, 1.82) is 0 Å². The molecule has 222 valence electrons. The van der Waals surface area contributed by atoms with Crippen LogP contribution in [0.2, 0.25) is 0 Å². The number of carbonyl (C=O) groups excluding carboxylic acids is 1. The Balaban J connectivity index is 1.34. The quantitative estimate of drug-likeness (QED) is 0.159. The molecule has 5 rings (SSSR count). The van der Waals surface area contributed by atoms with Crippen molar-refractivity contribution in [1.82, 2.24) is 10.3 Å². The summed E-state index contributed by atoms with van der Waals surface area (Å²) in [5, 5.41) is 25.3. The summed E-state index contributed by atoms with van der Waals surface area (Å²) < 4.78 is 13.0. The van der Waals surface area contributed by atoms with Crippen LogP contribution in [-0.4, -0.2) is 39.1 Å². The van der Waals surface area contributed by atoms with E-state index in [9.17, 15) is 19.8 Å². The zero-order chi connectivity index (χ0) is 30.2. The first-order valence-corrected chi connectivity index (χ1v) is 14.9. The number of carboxylic acids is 1. The molecule has 0 spiro atoms. The Kier molecular flexibility index (Phi) is 10.1. The maximum Gasteiger partial charge on any atom is 0.338 e. The van der Waals surface area contributed by atoms with E-state index in [2.05, 4.69) is 15.6 Å². The summed E-state index contributed by atoms with van der Waals surface area (Å²) in [5.74, 6) is -0.678. The number of aliphatic hydroxyl groups is 1. The fraction of sp³-hybridized carbons (Fsp3) is 0.242. The van der Waals surface area contributed by atoms with E-state index in [0.29, 0.717) is 23.0 Å². The number of nitrogens with one attached hydrogen (secondary N) is 2. The number of urea groups is 1. The number of carboxylic acid groups (broad SMARTS) is 1. The van der Waals surface area contributed by atoms with Gasteiger partial charge in [0.1, 0.15) is 5.03 Å². The van der Waals surface area contributed by atoms with Gasteiger partial charge in [-0.2, -0.15) is 0 Å². The Morgan fingerprint density at radius 3 is 2.44 bits per heavy atom. The van der Waals surface area contributed by atoms with Crippen LogP contribution in [0.5, 0.6) is 0 Å². The molecule has 43 heavy (non-hydrogen) atoms. The number of hydrogen-bond acceptors (Lipinski definition) is 7. The molecule has 10 heteroatoms. The molecule has 1 aromatic heterocycles. The number of amides is 2. The van der Waals surface area contributed by atoms with Gasteiger partial charge in [-0.25, -0.2) is 14.6 Å². The minimum Gasteiger partial charge on any atom is -0.478 e. The van der Waals surface area contributed by atoms with Crippen LogP contribution in [0.1, 0.15) is 51.9 Å². The molecule has 2 heterocycles. The summed E-state index contributed by atoms with van der Waals surface area (Å²) in [4.78, 5) is 28.6. The van der Waals surface area contributed by atoms with E-state index in [-0.39, 0.29) is 36.3 Å². The molecule has 0 unspecified atom stereocenters. The number of pyridine rings is 1. The predicted molar refractivity (Wildman–Crippen MR) is 164 cm³/mol. The minimum atomic E-state index is -1.03. The number of rotatable bonds is 10. The van der Waals surface area contributed by atoms with Gasteiger partial charge in [-0.1, -0.05) is 73.7 Å². The summed E-state index contributed by atoms with van der Waals surface area (Å²) in [6.07, 6.45) is 0.165. The maximum atomic E-state index is 12.6. The summed E-state index contributed by atoms with van der Waals surface area (Å²) in [7, 11) is 0. The molecule has 1 aliphatic heterocycles. The van der Waals surface area contributed by atoms with Crippen LogP contribution in [0.15, 0.2) is 102 Å². The van der Waals surface area contributed by atoms with E-state index in [1.54, 1.807) is 18.3 Å². The Morgan fingerprint density at radius 2 is 1.70 bits per heavy atom. The second-order valence-electron chi connectivity index (χ2n) is 10.2. The first-order chi connectivity index (χ1) is 20.9. The van der Waals surface area contributed by atoms with Crippen molar-refractivity contribution in [2.45, 2.75) is 43.6 Å². The van der Waals surface area contributed by atoms with Crippen molar-refractivity contribution >= 4 is 29.4 Å². The summed E-state index contributed by atoms with van der Waals surface area (Å²) in [5.41, 5.74) is 4.18. The zero-order valence-corrected chi connectivity index (χ0v) is 24.4. The van der Waals surface area contributed by atoms with Gasteiger partial charge in [0.05, 0.1) is 24.4 Å². The first kappa shape index (κ1) is 30.2. The Bertz CT molecular complexity index is 1540. The average molecular weight is 600 g/mol. The molecule has 1 aliphatic rings. The highest BCUT2D eigenvalue weighted by molar-refractivity contribution is 7.99. The van der Waals surface area contributed by atoms with Crippen molar-refractivity contribution in [3.8, 4) is 0 Å². The molecular weight excluding hydrogens is 566 g/mol. The molecule has 0 saturated carbocycles. The fourth-order valence-electron chi connectivity index (χ4n) is 4.86. The smallest absolute Gasteiger partial charge is 0.338 e. The SMILES string of the molecule is C[C@H]1[C@@H](CSc2ncccc2C(=O)O)O[C@@H](c2cccc(NC(=O)NCc3ccccc3)c2)O[C@H]1c1ccc(CO)cc1. The summed E-state index contributed by atoms with van der Waals surface area (Å²) >= 11 is 1.33. The lowest BCUT2D eigenvalue weighted by atomic mass is 9.91. The molecule has 4 aromatic rings. The van der Waals surface area contributed by atoms with Crippen molar-refractivity contribution in [3.05, 3.63) is 125 Å². The van der Waals surface area contributed by atoms with E-state index < -0.39 is 12.3 Å². The summed E-state index contributed by atoms with van der Waals surface area (Å²) in [6.45, 7) is 2.38. The topological polar surface area (TPSA) is 130 Å². The molecule has 9 nitrogen and oxygen atoms in total. The van der Waals surface area contributed by atoms with Crippen molar-refractivity contribution in [3.63, 3.8) is 0 Å². The fourth-order valence-corrected chi connectivity index (χ4v) is 6.01. The molecular formula is C33H33N3O6S. The number of nitrogens with zero attached hydrogens (tertiary/aromatic N) is 1. The van der Waals surface area contributed by atoms with E-state index in [4.69, 9.17) is 9.47 Å². The number of carbonyl (C=O) groups is 2. The molecule has 0 radical (unpaired) electrons. The molecule has 3 aromatic carbocycles.